The van der Waals surface area contributed by atoms with E-state index in [-0.39, 0.29) is 12.3 Å². The van der Waals surface area contributed by atoms with Crippen LogP contribution >= 0.6 is 11.6 Å². The van der Waals surface area contributed by atoms with E-state index in [0.717, 1.165) is 0 Å². The largest absolute Gasteiger partial charge is 0.383 e. The van der Waals surface area contributed by atoms with Gasteiger partial charge >= 0.3 is 0 Å². The minimum Gasteiger partial charge on any atom is -0.383 e. The van der Waals surface area contributed by atoms with Crippen molar-refractivity contribution in [3.05, 3.63) is 35.2 Å². The highest BCUT2D eigenvalue weighted by Gasteiger charge is 2.12. The lowest BCUT2D eigenvalue weighted by molar-refractivity contribution is -0.121. The Balaban J connectivity index is 1.89. The van der Waals surface area contributed by atoms with E-state index in [1.54, 1.807) is 13.2 Å². The van der Waals surface area contributed by atoms with Crippen LogP contribution < -0.4 is 5.32 Å². The first-order valence-electron chi connectivity index (χ1n) is 6.54. The van der Waals surface area contributed by atoms with E-state index in [2.05, 4.69) is 15.5 Å². The molecule has 0 aliphatic rings. The number of nitrogens with one attached hydrogen (secondary N) is 1. The maximum atomic E-state index is 11.5. The van der Waals surface area contributed by atoms with Crippen LogP contribution in [0.2, 0.25) is 5.02 Å². The van der Waals surface area contributed by atoms with Gasteiger partial charge in [0, 0.05) is 32.1 Å². The van der Waals surface area contributed by atoms with Crippen molar-refractivity contribution in [3.63, 3.8) is 0 Å². The summed E-state index contributed by atoms with van der Waals surface area (Å²) < 4.78 is 9.98. The fourth-order valence-corrected chi connectivity index (χ4v) is 1.93. The van der Waals surface area contributed by atoms with Crippen molar-refractivity contribution in [2.24, 2.45) is 0 Å². The third-order valence-corrected chi connectivity index (χ3v) is 3.11. The molecular formula is C14H16ClN3O3. The Kier molecular flexibility index (Phi) is 5.71. The molecule has 1 aromatic carbocycles. The van der Waals surface area contributed by atoms with Crippen LogP contribution in [0, 0.1) is 0 Å². The van der Waals surface area contributed by atoms with Gasteiger partial charge in [0.15, 0.2) is 0 Å². The molecule has 0 aliphatic heterocycles. The summed E-state index contributed by atoms with van der Waals surface area (Å²) in [5, 5.41) is 7.16. The van der Waals surface area contributed by atoms with Crippen molar-refractivity contribution < 1.29 is 14.1 Å². The molecule has 21 heavy (non-hydrogen) atoms. The Bertz CT molecular complexity index is 601. The van der Waals surface area contributed by atoms with Gasteiger partial charge in [-0.2, -0.15) is 4.98 Å². The first-order valence-corrected chi connectivity index (χ1v) is 6.91. The Morgan fingerprint density at radius 1 is 1.43 bits per heavy atom. The SMILES string of the molecule is COCCNC(=O)CCc1nc(-c2ccccc2Cl)no1. The average Bonchev–Trinajstić information content (AvgIpc) is 2.94. The van der Waals surface area contributed by atoms with Gasteiger partial charge in [-0.15, -0.1) is 0 Å². The number of hydrogen-bond donors (Lipinski definition) is 1. The smallest absolute Gasteiger partial charge is 0.227 e. The molecule has 1 amide bonds. The van der Waals surface area contributed by atoms with E-state index >= 15 is 0 Å². The first-order chi connectivity index (χ1) is 10.2. The Hall–Kier alpha value is -1.92. The number of halogens is 1. The van der Waals surface area contributed by atoms with E-state index in [1.807, 2.05) is 18.2 Å². The van der Waals surface area contributed by atoms with Gasteiger partial charge in [-0.05, 0) is 12.1 Å². The van der Waals surface area contributed by atoms with E-state index in [4.69, 9.17) is 20.9 Å². The van der Waals surface area contributed by atoms with Gasteiger partial charge < -0.3 is 14.6 Å². The second-order valence-electron chi connectivity index (χ2n) is 4.33. The molecule has 2 aromatic rings. The average molecular weight is 310 g/mol. The van der Waals surface area contributed by atoms with E-state index < -0.39 is 0 Å². The summed E-state index contributed by atoms with van der Waals surface area (Å²) in [6.07, 6.45) is 0.671. The molecule has 0 aliphatic carbocycles. The lowest BCUT2D eigenvalue weighted by Gasteiger charge is -2.02. The minimum absolute atomic E-state index is 0.0791. The fraction of sp³-hybridized carbons (Fsp3) is 0.357. The topological polar surface area (TPSA) is 77.2 Å². The predicted molar refractivity (Wildman–Crippen MR) is 78.0 cm³/mol. The summed E-state index contributed by atoms with van der Waals surface area (Å²) in [6.45, 7) is 0.979. The van der Waals surface area contributed by atoms with Crippen LogP contribution in [0.4, 0.5) is 0 Å². The second-order valence-corrected chi connectivity index (χ2v) is 4.74. The van der Waals surface area contributed by atoms with Crippen LogP contribution in [-0.4, -0.2) is 36.3 Å². The molecule has 112 valence electrons. The van der Waals surface area contributed by atoms with Gasteiger partial charge in [0.05, 0.1) is 11.6 Å². The van der Waals surface area contributed by atoms with Crippen LogP contribution in [-0.2, 0) is 16.0 Å². The van der Waals surface area contributed by atoms with Crippen LogP contribution in [0.3, 0.4) is 0 Å². The number of aryl methyl sites for hydroxylation is 1. The summed E-state index contributed by atoms with van der Waals surface area (Å²) in [7, 11) is 1.58. The number of methoxy groups -OCH3 is 1. The molecule has 1 heterocycles. The minimum atomic E-state index is -0.0791. The van der Waals surface area contributed by atoms with Gasteiger partial charge in [-0.25, -0.2) is 0 Å². The van der Waals surface area contributed by atoms with Gasteiger partial charge in [-0.3, -0.25) is 4.79 Å². The third-order valence-electron chi connectivity index (χ3n) is 2.78. The molecule has 0 unspecified atom stereocenters. The normalized spacial score (nSPS) is 10.6. The number of amides is 1. The van der Waals surface area contributed by atoms with Crippen LogP contribution in [0.1, 0.15) is 12.3 Å². The molecule has 6 nitrogen and oxygen atoms in total. The molecule has 2 rings (SSSR count). The summed E-state index contributed by atoms with van der Waals surface area (Å²) in [4.78, 5) is 15.8. The molecule has 0 spiro atoms. The molecule has 0 radical (unpaired) electrons. The molecule has 0 saturated heterocycles. The van der Waals surface area contributed by atoms with Gasteiger partial charge in [-0.1, -0.05) is 28.9 Å². The van der Waals surface area contributed by atoms with Crippen molar-refractivity contribution in [2.75, 3.05) is 20.3 Å². The monoisotopic (exact) mass is 309 g/mol. The van der Waals surface area contributed by atoms with E-state index in [1.165, 1.54) is 0 Å². The second kappa shape index (κ2) is 7.75. The van der Waals surface area contributed by atoms with Crippen LogP contribution in [0.15, 0.2) is 28.8 Å². The molecule has 0 fully saturated rings. The summed E-state index contributed by atoms with van der Waals surface area (Å²) >= 11 is 6.07. The maximum Gasteiger partial charge on any atom is 0.227 e. The highest BCUT2D eigenvalue weighted by Crippen LogP contribution is 2.24. The van der Waals surface area contributed by atoms with Crippen molar-refractivity contribution in [2.45, 2.75) is 12.8 Å². The number of nitrogens with zero attached hydrogens (tertiary/aromatic N) is 2. The standard InChI is InChI=1S/C14H16ClN3O3/c1-20-9-8-16-12(19)6-7-13-17-14(18-21-13)10-4-2-3-5-11(10)15/h2-5H,6-9H2,1H3,(H,16,19). The zero-order valence-corrected chi connectivity index (χ0v) is 12.4. The van der Waals surface area contributed by atoms with Gasteiger partial charge in [0.25, 0.3) is 0 Å². The first kappa shape index (κ1) is 15.5. The molecule has 1 N–H and O–H groups in total. The van der Waals surface area contributed by atoms with Crippen molar-refractivity contribution in [1.29, 1.82) is 0 Å². The quantitative estimate of drug-likeness (QED) is 0.792. The molecule has 1 aromatic heterocycles. The zero-order chi connectivity index (χ0) is 15.1. The van der Waals surface area contributed by atoms with Crippen LogP contribution in [0.25, 0.3) is 11.4 Å². The number of carbonyl (C=O) groups excluding carboxylic acids is 1. The van der Waals surface area contributed by atoms with E-state index in [0.29, 0.717) is 41.9 Å². The summed E-state index contributed by atoms with van der Waals surface area (Å²) in [5.74, 6) is 0.756. The van der Waals surface area contributed by atoms with Gasteiger partial charge in [0.1, 0.15) is 0 Å². The van der Waals surface area contributed by atoms with Crippen LogP contribution in [0.5, 0.6) is 0 Å². The van der Waals surface area contributed by atoms with Gasteiger partial charge in [0.2, 0.25) is 17.6 Å². The number of ether oxygens (including phenoxy) is 1. The molecule has 7 heteroatoms. The molecule has 0 bridgehead atoms. The number of rotatable bonds is 7. The van der Waals surface area contributed by atoms with Crippen molar-refractivity contribution in [3.8, 4) is 11.4 Å². The number of benzene rings is 1. The Morgan fingerprint density at radius 2 is 2.24 bits per heavy atom. The van der Waals surface area contributed by atoms with E-state index in [9.17, 15) is 4.79 Å². The number of hydrogen-bond acceptors (Lipinski definition) is 5. The summed E-state index contributed by atoms with van der Waals surface area (Å²) in [5.41, 5.74) is 0.707. The maximum absolute atomic E-state index is 11.5. The molecule has 0 atom stereocenters. The zero-order valence-electron chi connectivity index (χ0n) is 11.6. The fourth-order valence-electron chi connectivity index (χ4n) is 1.71. The lowest BCUT2D eigenvalue weighted by atomic mass is 10.2. The molecular weight excluding hydrogens is 294 g/mol. The number of aromatic nitrogens is 2. The summed E-state index contributed by atoms with van der Waals surface area (Å²) in [6, 6.07) is 7.25. The molecule has 0 saturated carbocycles. The lowest BCUT2D eigenvalue weighted by Crippen LogP contribution is -2.27. The highest BCUT2D eigenvalue weighted by molar-refractivity contribution is 6.33. The Morgan fingerprint density at radius 3 is 3.00 bits per heavy atom. The predicted octanol–water partition coefficient (Wildman–Crippen LogP) is 2.09. The number of carbonyl (C=O) groups is 1. The third kappa shape index (κ3) is 4.54. The van der Waals surface area contributed by atoms with Crippen molar-refractivity contribution >= 4 is 17.5 Å². The Labute approximate surface area is 127 Å². The highest BCUT2D eigenvalue weighted by atomic mass is 35.5. The van der Waals surface area contributed by atoms with Crippen molar-refractivity contribution in [1.82, 2.24) is 15.5 Å².